The fraction of sp³-hybridized carbons (Fsp3) is 0.267. The maximum atomic E-state index is 12.3. The lowest BCUT2D eigenvalue weighted by Crippen LogP contribution is -2.44. The second kappa shape index (κ2) is 7.65. The van der Waals surface area contributed by atoms with E-state index in [1.807, 2.05) is 0 Å². The number of carbonyl (C=O) groups is 2. The Morgan fingerprint density at radius 2 is 1.92 bits per heavy atom. The van der Waals surface area contributed by atoms with Crippen molar-refractivity contribution in [1.29, 1.82) is 0 Å². The van der Waals surface area contributed by atoms with Crippen molar-refractivity contribution in [2.75, 3.05) is 0 Å². The Morgan fingerprint density at radius 1 is 1.25 bits per heavy atom. The lowest BCUT2D eigenvalue weighted by molar-refractivity contribution is -0.122. The predicted octanol–water partition coefficient (Wildman–Crippen LogP) is 1.33. The minimum absolute atomic E-state index is 0.00773. The average molecular weight is 367 g/mol. The Balaban J connectivity index is 1.99. The zero-order valence-corrected chi connectivity index (χ0v) is 14.8. The van der Waals surface area contributed by atoms with E-state index in [1.165, 1.54) is 49.4 Å². The quantitative estimate of drug-likeness (QED) is 0.718. The number of ketones is 1. The van der Waals surface area contributed by atoms with Gasteiger partial charge in [0.2, 0.25) is 15.9 Å². The van der Waals surface area contributed by atoms with Gasteiger partial charge in [-0.15, -0.1) is 11.3 Å². The van der Waals surface area contributed by atoms with Gasteiger partial charge in [0.15, 0.2) is 5.78 Å². The monoisotopic (exact) mass is 367 g/mol. The third-order valence-electron chi connectivity index (χ3n) is 3.22. The number of thiazole rings is 1. The number of nitrogens with zero attached hydrogens (tertiary/aromatic N) is 1. The first kappa shape index (κ1) is 18.2. The van der Waals surface area contributed by atoms with Crippen molar-refractivity contribution >= 4 is 33.1 Å². The second-order valence-electron chi connectivity index (χ2n) is 5.12. The Morgan fingerprint density at radius 3 is 2.46 bits per heavy atom. The normalized spacial score (nSPS) is 12.6. The molecule has 0 saturated heterocycles. The molecule has 128 valence electrons. The Kier molecular flexibility index (Phi) is 5.81. The summed E-state index contributed by atoms with van der Waals surface area (Å²) < 4.78 is 26.9. The zero-order chi connectivity index (χ0) is 17.7. The Bertz CT molecular complexity index is 815. The molecule has 1 aromatic carbocycles. The molecule has 9 heteroatoms. The fourth-order valence-corrected chi connectivity index (χ4v) is 3.64. The van der Waals surface area contributed by atoms with Crippen molar-refractivity contribution in [2.24, 2.45) is 0 Å². The molecule has 1 aromatic heterocycles. The highest BCUT2D eigenvalue weighted by Gasteiger charge is 2.22. The van der Waals surface area contributed by atoms with Crippen LogP contribution in [0.25, 0.3) is 0 Å². The fourth-order valence-electron chi connectivity index (χ4n) is 1.88. The van der Waals surface area contributed by atoms with Gasteiger partial charge in [0.1, 0.15) is 0 Å². The standard InChI is InChI=1S/C15H17N3O4S2/c1-10(15(20)16-7-13-8-23-9-17-13)18-24(21,22)14-5-3-12(4-6-14)11(2)19/h3-6,8-10,18H,7H2,1-2H3,(H,16,20)/t10-/m0/s1. The summed E-state index contributed by atoms with van der Waals surface area (Å²) in [5, 5.41) is 4.41. The van der Waals surface area contributed by atoms with Gasteiger partial charge in [0, 0.05) is 10.9 Å². The van der Waals surface area contributed by atoms with Gasteiger partial charge in [0.25, 0.3) is 0 Å². The summed E-state index contributed by atoms with van der Waals surface area (Å²) in [7, 11) is -3.85. The lowest BCUT2D eigenvalue weighted by Gasteiger charge is -2.14. The minimum Gasteiger partial charge on any atom is -0.349 e. The molecule has 0 aliphatic heterocycles. The molecular formula is C15H17N3O4S2. The number of Topliss-reactive ketones (excluding diaryl/α,β-unsaturated/α-hetero) is 1. The number of carbonyl (C=O) groups excluding carboxylic acids is 2. The van der Waals surface area contributed by atoms with Crippen molar-refractivity contribution in [3.63, 3.8) is 0 Å². The van der Waals surface area contributed by atoms with E-state index >= 15 is 0 Å². The number of hydrogen-bond acceptors (Lipinski definition) is 6. The molecule has 2 N–H and O–H groups in total. The van der Waals surface area contributed by atoms with Crippen LogP contribution in [0, 0.1) is 0 Å². The number of hydrogen-bond donors (Lipinski definition) is 2. The molecule has 24 heavy (non-hydrogen) atoms. The molecule has 7 nitrogen and oxygen atoms in total. The van der Waals surface area contributed by atoms with Crippen LogP contribution in [-0.4, -0.2) is 31.1 Å². The second-order valence-corrected chi connectivity index (χ2v) is 7.55. The maximum absolute atomic E-state index is 12.3. The molecule has 1 heterocycles. The number of amides is 1. The van der Waals surface area contributed by atoms with Gasteiger partial charge in [-0.05, 0) is 26.0 Å². The molecule has 0 fully saturated rings. The molecule has 2 aromatic rings. The highest BCUT2D eigenvalue weighted by molar-refractivity contribution is 7.89. The molecule has 2 rings (SSSR count). The number of rotatable bonds is 7. The number of sulfonamides is 1. The van der Waals surface area contributed by atoms with Crippen LogP contribution in [0.3, 0.4) is 0 Å². The van der Waals surface area contributed by atoms with Crippen molar-refractivity contribution < 1.29 is 18.0 Å². The minimum atomic E-state index is -3.85. The topological polar surface area (TPSA) is 105 Å². The third kappa shape index (κ3) is 4.70. The SMILES string of the molecule is CC(=O)c1ccc(S(=O)(=O)N[C@@H](C)C(=O)NCc2cscn2)cc1. The lowest BCUT2D eigenvalue weighted by atomic mass is 10.2. The molecule has 0 radical (unpaired) electrons. The van der Waals surface area contributed by atoms with E-state index in [2.05, 4.69) is 15.0 Å². The molecule has 0 spiro atoms. The average Bonchev–Trinajstić information content (AvgIpc) is 3.05. The first-order valence-corrected chi connectivity index (χ1v) is 9.50. The largest absolute Gasteiger partial charge is 0.349 e. The van der Waals surface area contributed by atoms with Gasteiger partial charge in [-0.25, -0.2) is 13.4 Å². The molecular weight excluding hydrogens is 350 g/mol. The van der Waals surface area contributed by atoms with E-state index in [0.717, 1.165) is 0 Å². The van der Waals surface area contributed by atoms with Crippen LogP contribution in [0.5, 0.6) is 0 Å². The molecule has 0 saturated carbocycles. The third-order valence-corrected chi connectivity index (χ3v) is 5.42. The Labute approximate surface area is 144 Å². The maximum Gasteiger partial charge on any atom is 0.241 e. The van der Waals surface area contributed by atoms with Gasteiger partial charge in [0.05, 0.1) is 28.7 Å². The highest BCUT2D eigenvalue weighted by atomic mass is 32.2. The molecule has 0 bridgehead atoms. The smallest absolute Gasteiger partial charge is 0.241 e. The van der Waals surface area contributed by atoms with Gasteiger partial charge >= 0.3 is 0 Å². The van der Waals surface area contributed by atoms with Gasteiger partial charge in [-0.2, -0.15) is 4.72 Å². The summed E-state index contributed by atoms with van der Waals surface area (Å²) in [4.78, 5) is 27.2. The van der Waals surface area contributed by atoms with E-state index in [9.17, 15) is 18.0 Å². The van der Waals surface area contributed by atoms with Crippen LogP contribution in [0.15, 0.2) is 40.1 Å². The molecule has 1 atom stereocenters. The first-order chi connectivity index (χ1) is 11.3. The van der Waals surface area contributed by atoms with E-state index in [-0.39, 0.29) is 17.2 Å². The summed E-state index contributed by atoms with van der Waals surface area (Å²) >= 11 is 1.41. The molecule has 0 unspecified atom stereocenters. The summed E-state index contributed by atoms with van der Waals surface area (Å²) in [5.41, 5.74) is 2.78. The van der Waals surface area contributed by atoms with Gasteiger partial charge in [-0.3, -0.25) is 9.59 Å². The highest BCUT2D eigenvalue weighted by Crippen LogP contribution is 2.11. The molecule has 0 aliphatic rings. The van der Waals surface area contributed by atoms with Crippen LogP contribution >= 0.6 is 11.3 Å². The van der Waals surface area contributed by atoms with Crippen molar-refractivity contribution in [3.05, 3.63) is 46.4 Å². The summed E-state index contributed by atoms with van der Waals surface area (Å²) in [6.07, 6.45) is 0. The van der Waals surface area contributed by atoms with Crippen molar-refractivity contribution in [2.45, 2.75) is 31.3 Å². The number of benzene rings is 1. The van der Waals surface area contributed by atoms with E-state index < -0.39 is 22.0 Å². The summed E-state index contributed by atoms with van der Waals surface area (Å²) in [6.45, 7) is 3.09. The van der Waals surface area contributed by atoms with Crippen LogP contribution in [0.2, 0.25) is 0 Å². The predicted molar refractivity (Wildman–Crippen MR) is 90.2 cm³/mol. The molecule has 0 aliphatic carbocycles. The van der Waals surface area contributed by atoms with E-state index in [0.29, 0.717) is 11.3 Å². The summed E-state index contributed by atoms with van der Waals surface area (Å²) in [5.74, 6) is -0.603. The van der Waals surface area contributed by atoms with Crippen LogP contribution < -0.4 is 10.0 Å². The van der Waals surface area contributed by atoms with Crippen LogP contribution in [0.4, 0.5) is 0 Å². The van der Waals surface area contributed by atoms with Crippen LogP contribution in [-0.2, 0) is 21.4 Å². The van der Waals surface area contributed by atoms with Crippen molar-refractivity contribution in [3.8, 4) is 0 Å². The van der Waals surface area contributed by atoms with E-state index in [1.54, 1.807) is 10.9 Å². The zero-order valence-electron chi connectivity index (χ0n) is 13.1. The van der Waals surface area contributed by atoms with Crippen molar-refractivity contribution in [1.82, 2.24) is 15.0 Å². The Hall–Kier alpha value is -2.10. The first-order valence-electron chi connectivity index (χ1n) is 7.07. The van der Waals surface area contributed by atoms with Gasteiger partial charge < -0.3 is 5.32 Å². The van der Waals surface area contributed by atoms with Crippen LogP contribution in [0.1, 0.15) is 29.9 Å². The number of aromatic nitrogens is 1. The van der Waals surface area contributed by atoms with E-state index in [4.69, 9.17) is 0 Å². The summed E-state index contributed by atoms with van der Waals surface area (Å²) in [6, 6.07) is 4.59. The molecule has 1 amide bonds. The number of nitrogens with one attached hydrogen (secondary N) is 2. The van der Waals surface area contributed by atoms with Gasteiger partial charge in [-0.1, -0.05) is 12.1 Å².